The molecule has 0 saturated carbocycles. The summed E-state index contributed by atoms with van der Waals surface area (Å²) in [5.41, 5.74) is 1.58. The molecule has 0 saturated heterocycles. The number of hydrogen-bond acceptors (Lipinski definition) is 5. The van der Waals surface area contributed by atoms with Gasteiger partial charge in [-0.2, -0.15) is 0 Å². The summed E-state index contributed by atoms with van der Waals surface area (Å²) in [6.07, 6.45) is -1.05. The fraction of sp³-hybridized carbons (Fsp3) is 0.0833. The molecular weight excluding hydrogens is 396 g/mol. The van der Waals surface area contributed by atoms with E-state index < -0.39 is 29.8 Å². The lowest BCUT2D eigenvalue weighted by Gasteiger charge is -2.16. The zero-order valence-electron chi connectivity index (χ0n) is 16.6. The Morgan fingerprint density at radius 1 is 0.839 bits per heavy atom. The van der Waals surface area contributed by atoms with Crippen molar-refractivity contribution in [2.24, 2.45) is 0 Å². The highest BCUT2D eigenvalue weighted by Crippen LogP contribution is 2.29. The van der Waals surface area contributed by atoms with Crippen LogP contribution in [0.25, 0.3) is 0 Å². The highest BCUT2D eigenvalue weighted by atomic mass is 16.5. The van der Waals surface area contributed by atoms with Crippen LogP contribution in [0, 0.1) is 0 Å². The van der Waals surface area contributed by atoms with E-state index in [0.717, 1.165) is 4.90 Å². The first-order valence-corrected chi connectivity index (χ1v) is 9.60. The number of nitrogens with zero attached hydrogens (tertiary/aromatic N) is 1. The molecule has 7 nitrogen and oxygen atoms in total. The molecule has 1 atom stereocenters. The average Bonchev–Trinajstić information content (AvgIpc) is 3.04. The lowest BCUT2D eigenvalue weighted by atomic mass is 10.1. The average molecular weight is 414 g/mol. The van der Waals surface area contributed by atoms with Gasteiger partial charge in [-0.1, -0.05) is 36.4 Å². The SMILES string of the molecule is C[C@@H](OC(=O)c1cccc(N2C(=O)c3ccccc3C2=O)c1)C(=O)Nc1ccccc1. The van der Waals surface area contributed by atoms with Crippen LogP contribution in [0.3, 0.4) is 0 Å². The molecule has 7 heteroatoms. The van der Waals surface area contributed by atoms with Crippen molar-refractivity contribution in [3.05, 3.63) is 95.6 Å². The number of ether oxygens (including phenoxy) is 1. The maximum Gasteiger partial charge on any atom is 0.338 e. The second kappa shape index (κ2) is 8.23. The van der Waals surface area contributed by atoms with Crippen LogP contribution in [0.4, 0.5) is 11.4 Å². The van der Waals surface area contributed by atoms with Gasteiger partial charge in [0.2, 0.25) is 0 Å². The van der Waals surface area contributed by atoms with Crippen molar-refractivity contribution < 1.29 is 23.9 Å². The number of esters is 1. The van der Waals surface area contributed by atoms with Gasteiger partial charge in [0.25, 0.3) is 17.7 Å². The zero-order chi connectivity index (χ0) is 22.0. The van der Waals surface area contributed by atoms with Crippen LogP contribution in [0.5, 0.6) is 0 Å². The minimum absolute atomic E-state index is 0.119. The lowest BCUT2D eigenvalue weighted by molar-refractivity contribution is -0.123. The number of fused-ring (bicyclic) bond motifs is 1. The molecule has 0 bridgehead atoms. The van der Waals surface area contributed by atoms with Crippen LogP contribution in [0.1, 0.15) is 38.0 Å². The van der Waals surface area contributed by atoms with Crippen molar-refractivity contribution >= 4 is 35.1 Å². The van der Waals surface area contributed by atoms with E-state index in [4.69, 9.17) is 4.74 Å². The van der Waals surface area contributed by atoms with Crippen LogP contribution in [-0.4, -0.2) is 29.8 Å². The maximum absolute atomic E-state index is 12.7. The van der Waals surface area contributed by atoms with Crippen molar-refractivity contribution in [3.8, 4) is 0 Å². The summed E-state index contributed by atoms with van der Waals surface area (Å²) >= 11 is 0. The Kier molecular flexibility index (Phi) is 5.32. The summed E-state index contributed by atoms with van der Waals surface area (Å²) < 4.78 is 5.26. The number of hydrogen-bond donors (Lipinski definition) is 1. The van der Waals surface area contributed by atoms with E-state index in [-0.39, 0.29) is 11.3 Å². The van der Waals surface area contributed by atoms with Crippen molar-refractivity contribution in [3.63, 3.8) is 0 Å². The van der Waals surface area contributed by atoms with Crippen LogP contribution in [0.2, 0.25) is 0 Å². The number of rotatable bonds is 5. The molecule has 0 unspecified atom stereocenters. The van der Waals surface area contributed by atoms with E-state index in [1.165, 1.54) is 19.1 Å². The molecule has 0 fully saturated rings. The molecule has 3 aromatic rings. The number of anilines is 2. The van der Waals surface area contributed by atoms with Crippen molar-refractivity contribution in [2.45, 2.75) is 13.0 Å². The van der Waals surface area contributed by atoms with Gasteiger partial charge in [-0.05, 0) is 49.4 Å². The number of carbonyl (C=O) groups excluding carboxylic acids is 4. The van der Waals surface area contributed by atoms with E-state index in [1.807, 2.05) is 6.07 Å². The number of nitrogens with one attached hydrogen (secondary N) is 1. The van der Waals surface area contributed by atoms with E-state index in [2.05, 4.69) is 5.32 Å². The molecule has 1 heterocycles. The van der Waals surface area contributed by atoms with Gasteiger partial charge in [0.15, 0.2) is 6.10 Å². The van der Waals surface area contributed by atoms with Crippen LogP contribution < -0.4 is 10.2 Å². The third-order valence-electron chi connectivity index (χ3n) is 4.83. The third kappa shape index (κ3) is 3.93. The van der Waals surface area contributed by atoms with Gasteiger partial charge in [-0.25, -0.2) is 9.69 Å². The first-order valence-electron chi connectivity index (χ1n) is 9.60. The molecule has 0 aliphatic carbocycles. The molecule has 154 valence electrons. The molecule has 1 aliphatic heterocycles. The summed E-state index contributed by atoms with van der Waals surface area (Å²) in [6.45, 7) is 1.46. The summed E-state index contributed by atoms with van der Waals surface area (Å²) in [7, 11) is 0. The maximum atomic E-state index is 12.7. The minimum Gasteiger partial charge on any atom is -0.449 e. The van der Waals surface area contributed by atoms with E-state index in [0.29, 0.717) is 16.8 Å². The van der Waals surface area contributed by atoms with Gasteiger partial charge in [0.1, 0.15) is 0 Å². The molecular formula is C24H18N2O5. The Bertz CT molecular complexity index is 1150. The molecule has 1 aliphatic rings. The van der Waals surface area contributed by atoms with E-state index in [9.17, 15) is 19.2 Å². The highest BCUT2D eigenvalue weighted by molar-refractivity contribution is 6.34. The molecule has 4 rings (SSSR count). The van der Waals surface area contributed by atoms with Gasteiger partial charge in [0.05, 0.1) is 22.4 Å². The predicted octanol–water partition coefficient (Wildman–Crippen LogP) is 3.67. The smallest absolute Gasteiger partial charge is 0.338 e. The first kappa shape index (κ1) is 20.0. The lowest BCUT2D eigenvalue weighted by Crippen LogP contribution is -2.31. The Labute approximate surface area is 178 Å². The third-order valence-corrected chi connectivity index (χ3v) is 4.83. The predicted molar refractivity (Wildman–Crippen MR) is 114 cm³/mol. The summed E-state index contributed by atoms with van der Waals surface area (Å²) in [5.74, 6) is -2.13. The standard InChI is InChI=1S/C24H18N2O5/c1-15(21(27)25-17-9-3-2-4-10-17)31-24(30)16-8-7-11-18(14-16)26-22(28)19-12-5-6-13-20(19)23(26)29/h2-15H,1H3,(H,25,27)/t15-/m1/s1. The largest absolute Gasteiger partial charge is 0.449 e. The highest BCUT2D eigenvalue weighted by Gasteiger charge is 2.36. The zero-order valence-corrected chi connectivity index (χ0v) is 16.6. The second-order valence-electron chi connectivity index (χ2n) is 6.94. The van der Waals surface area contributed by atoms with Gasteiger partial charge in [0, 0.05) is 5.69 Å². The summed E-state index contributed by atoms with van der Waals surface area (Å²) in [4.78, 5) is 51.2. The first-order chi connectivity index (χ1) is 15.0. The topological polar surface area (TPSA) is 92.8 Å². The molecule has 0 spiro atoms. The molecule has 0 aromatic heterocycles. The van der Waals surface area contributed by atoms with Crippen LogP contribution >= 0.6 is 0 Å². The monoisotopic (exact) mass is 414 g/mol. The molecule has 0 radical (unpaired) electrons. The fourth-order valence-corrected chi connectivity index (χ4v) is 3.24. The Hall–Kier alpha value is -4.26. The number of benzene rings is 3. The number of imide groups is 1. The molecule has 3 amide bonds. The normalized spacial score (nSPS) is 13.5. The van der Waals surface area contributed by atoms with Crippen molar-refractivity contribution in [1.29, 1.82) is 0 Å². The van der Waals surface area contributed by atoms with Gasteiger partial charge >= 0.3 is 5.97 Å². The molecule has 31 heavy (non-hydrogen) atoms. The second-order valence-corrected chi connectivity index (χ2v) is 6.94. The fourth-order valence-electron chi connectivity index (χ4n) is 3.24. The Morgan fingerprint density at radius 3 is 2.10 bits per heavy atom. The number of amides is 3. The molecule has 3 aromatic carbocycles. The van der Waals surface area contributed by atoms with Gasteiger partial charge in [-0.3, -0.25) is 14.4 Å². The van der Waals surface area contributed by atoms with E-state index in [1.54, 1.807) is 60.7 Å². The van der Waals surface area contributed by atoms with Crippen LogP contribution in [-0.2, 0) is 9.53 Å². The van der Waals surface area contributed by atoms with E-state index >= 15 is 0 Å². The van der Waals surface area contributed by atoms with Gasteiger partial charge in [-0.15, -0.1) is 0 Å². The van der Waals surface area contributed by atoms with Crippen molar-refractivity contribution in [1.82, 2.24) is 0 Å². The Morgan fingerprint density at radius 2 is 1.45 bits per heavy atom. The summed E-state index contributed by atoms with van der Waals surface area (Å²) in [5, 5.41) is 2.66. The summed E-state index contributed by atoms with van der Waals surface area (Å²) in [6, 6.07) is 21.3. The number of carbonyl (C=O) groups is 4. The van der Waals surface area contributed by atoms with Crippen LogP contribution in [0.15, 0.2) is 78.9 Å². The van der Waals surface area contributed by atoms with Gasteiger partial charge < -0.3 is 10.1 Å². The quantitative estimate of drug-likeness (QED) is 0.508. The molecule has 1 N–H and O–H groups in total. The Balaban J connectivity index is 1.48. The number of para-hydroxylation sites is 1. The van der Waals surface area contributed by atoms with Crippen molar-refractivity contribution in [2.75, 3.05) is 10.2 Å². The minimum atomic E-state index is -1.05.